The summed E-state index contributed by atoms with van der Waals surface area (Å²) in [5.74, 6) is -12.9. The number of hydrogen-bond donors (Lipinski definition) is 0. The largest absolute Gasteiger partial charge is 0.467 e. The predicted octanol–water partition coefficient (Wildman–Crippen LogP) is 2.96. The number of rotatable bonds is 0. The average Bonchev–Trinajstić information content (AvgIpc) is 2.07. The standard InChI is InChI=1S/C6H2F8O2/c7-2(8)3-15-1-4(9,10)5(11,16-3)6(12,13)14/h1H2. The van der Waals surface area contributed by atoms with Crippen molar-refractivity contribution in [2.75, 3.05) is 6.61 Å². The molecule has 1 aliphatic heterocycles. The molecule has 2 nitrogen and oxygen atoms in total. The first-order valence-electron chi connectivity index (χ1n) is 3.52. The van der Waals surface area contributed by atoms with Crippen molar-refractivity contribution in [2.24, 2.45) is 0 Å². The molecule has 1 aliphatic rings. The Morgan fingerprint density at radius 1 is 1.12 bits per heavy atom. The van der Waals surface area contributed by atoms with Gasteiger partial charge in [-0.3, -0.25) is 0 Å². The second-order valence-corrected chi connectivity index (χ2v) is 2.74. The Kier molecular flexibility index (Phi) is 2.72. The van der Waals surface area contributed by atoms with Crippen LogP contribution in [0.5, 0.6) is 0 Å². The number of halogens is 8. The van der Waals surface area contributed by atoms with E-state index in [0.717, 1.165) is 0 Å². The average molecular weight is 258 g/mol. The van der Waals surface area contributed by atoms with Crippen LogP contribution in [0.25, 0.3) is 0 Å². The van der Waals surface area contributed by atoms with Crippen LogP contribution in [0.3, 0.4) is 0 Å². The number of hydrogen-bond acceptors (Lipinski definition) is 2. The van der Waals surface area contributed by atoms with E-state index in [1.54, 1.807) is 0 Å². The third-order valence-electron chi connectivity index (χ3n) is 1.61. The summed E-state index contributed by atoms with van der Waals surface area (Å²) in [7, 11) is 0. The molecule has 0 N–H and O–H groups in total. The van der Waals surface area contributed by atoms with Crippen molar-refractivity contribution >= 4 is 0 Å². The van der Waals surface area contributed by atoms with Gasteiger partial charge in [0.15, 0.2) is 6.61 Å². The first-order chi connectivity index (χ1) is 7.01. The van der Waals surface area contributed by atoms with E-state index in [9.17, 15) is 35.1 Å². The molecule has 1 fully saturated rings. The highest BCUT2D eigenvalue weighted by molar-refractivity contribution is 5.01. The van der Waals surface area contributed by atoms with Gasteiger partial charge in [-0.25, -0.2) is 0 Å². The zero-order valence-corrected chi connectivity index (χ0v) is 7.05. The first kappa shape index (κ1) is 12.8. The lowest BCUT2D eigenvalue weighted by atomic mass is 10.1. The van der Waals surface area contributed by atoms with Crippen LogP contribution < -0.4 is 0 Å². The highest BCUT2D eigenvalue weighted by atomic mass is 19.4. The quantitative estimate of drug-likeness (QED) is 0.622. The van der Waals surface area contributed by atoms with Crippen molar-refractivity contribution < 1.29 is 44.6 Å². The first-order valence-corrected chi connectivity index (χ1v) is 3.52. The SMILES string of the molecule is FC(F)=C1OCC(F)(F)C(F)(C(F)(F)F)O1. The molecule has 0 saturated carbocycles. The Morgan fingerprint density at radius 3 is 2.00 bits per heavy atom. The fourth-order valence-corrected chi connectivity index (χ4v) is 0.839. The van der Waals surface area contributed by atoms with Crippen LogP contribution in [0.1, 0.15) is 0 Å². The van der Waals surface area contributed by atoms with Gasteiger partial charge >= 0.3 is 30.0 Å². The van der Waals surface area contributed by atoms with Crippen LogP contribution in [0, 0.1) is 0 Å². The van der Waals surface area contributed by atoms with Crippen molar-refractivity contribution in [3.63, 3.8) is 0 Å². The Balaban J connectivity index is 3.17. The maximum atomic E-state index is 12.9. The van der Waals surface area contributed by atoms with Crippen LogP contribution in [-0.4, -0.2) is 24.6 Å². The third-order valence-corrected chi connectivity index (χ3v) is 1.61. The molecule has 1 rings (SSSR count). The molecule has 1 atom stereocenters. The van der Waals surface area contributed by atoms with Gasteiger partial charge < -0.3 is 9.47 Å². The predicted molar refractivity (Wildman–Crippen MR) is 31.1 cm³/mol. The molecule has 94 valence electrons. The van der Waals surface area contributed by atoms with E-state index in [1.807, 2.05) is 0 Å². The van der Waals surface area contributed by atoms with Crippen LogP contribution in [0.2, 0.25) is 0 Å². The van der Waals surface area contributed by atoms with Gasteiger partial charge in [0.2, 0.25) is 0 Å². The van der Waals surface area contributed by atoms with Crippen molar-refractivity contribution in [2.45, 2.75) is 18.0 Å². The molecule has 1 heterocycles. The van der Waals surface area contributed by atoms with E-state index in [1.165, 1.54) is 0 Å². The highest BCUT2D eigenvalue weighted by Crippen LogP contribution is 2.50. The van der Waals surface area contributed by atoms with Crippen LogP contribution >= 0.6 is 0 Å². The third kappa shape index (κ3) is 1.76. The van der Waals surface area contributed by atoms with Crippen LogP contribution in [-0.2, 0) is 9.47 Å². The van der Waals surface area contributed by atoms with E-state index >= 15 is 0 Å². The lowest BCUT2D eigenvalue weighted by molar-refractivity contribution is -0.424. The summed E-state index contributed by atoms with van der Waals surface area (Å²) < 4.78 is 104. The Labute approximate surface area is 82.4 Å². The second-order valence-electron chi connectivity index (χ2n) is 2.74. The fraction of sp³-hybridized carbons (Fsp3) is 0.667. The molecule has 0 aromatic heterocycles. The summed E-state index contributed by atoms with van der Waals surface area (Å²) in [6.07, 6.45) is -9.15. The van der Waals surface area contributed by atoms with E-state index < -0.39 is 36.6 Å². The minimum atomic E-state index is -6.18. The summed E-state index contributed by atoms with van der Waals surface area (Å²) >= 11 is 0. The van der Waals surface area contributed by atoms with Gasteiger partial charge in [0.1, 0.15) is 0 Å². The summed E-state index contributed by atoms with van der Waals surface area (Å²) in [6, 6.07) is 0. The molecule has 1 saturated heterocycles. The van der Waals surface area contributed by atoms with E-state index in [4.69, 9.17) is 0 Å². The molecular formula is C6H2F8O2. The molecule has 0 aromatic rings. The minimum Gasteiger partial charge on any atom is -0.455 e. The lowest BCUT2D eigenvalue weighted by Crippen LogP contribution is -2.61. The maximum absolute atomic E-state index is 12.9. The monoisotopic (exact) mass is 258 g/mol. The molecule has 0 aromatic carbocycles. The summed E-state index contributed by atoms with van der Waals surface area (Å²) in [5, 5.41) is 0. The zero-order valence-electron chi connectivity index (χ0n) is 7.05. The summed E-state index contributed by atoms with van der Waals surface area (Å²) in [6.45, 7) is -2.20. The van der Waals surface area contributed by atoms with E-state index in [0.29, 0.717) is 0 Å². The van der Waals surface area contributed by atoms with Gasteiger partial charge in [-0.15, -0.1) is 0 Å². The normalized spacial score (nSPS) is 29.4. The lowest BCUT2D eigenvalue weighted by Gasteiger charge is -2.38. The molecule has 16 heavy (non-hydrogen) atoms. The molecule has 0 amide bonds. The van der Waals surface area contributed by atoms with E-state index in [-0.39, 0.29) is 0 Å². The maximum Gasteiger partial charge on any atom is 0.467 e. The topological polar surface area (TPSA) is 18.5 Å². The highest BCUT2D eigenvalue weighted by Gasteiger charge is 2.77. The van der Waals surface area contributed by atoms with Crippen LogP contribution in [0.15, 0.2) is 12.0 Å². The van der Waals surface area contributed by atoms with Gasteiger partial charge in [-0.1, -0.05) is 0 Å². The number of alkyl halides is 6. The second kappa shape index (κ2) is 3.39. The van der Waals surface area contributed by atoms with Gasteiger partial charge in [-0.2, -0.15) is 35.1 Å². The molecule has 0 bridgehead atoms. The fourth-order valence-electron chi connectivity index (χ4n) is 0.839. The van der Waals surface area contributed by atoms with Gasteiger partial charge in [0, 0.05) is 0 Å². The van der Waals surface area contributed by atoms with Gasteiger partial charge in [0.05, 0.1) is 0 Å². The summed E-state index contributed by atoms with van der Waals surface area (Å²) in [4.78, 5) is 0. The molecular weight excluding hydrogens is 256 g/mol. The molecule has 10 heteroatoms. The van der Waals surface area contributed by atoms with Crippen molar-refractivity contribution in [1.82, 2.24) is 0 Å². The van der Waals surface area contributed by atoms with Crippen molar-refractivity contribution in [3.8, 4) is 0 Å². The Bertz CT molecular complexity index is 317. The summed E-state index contributed by atoms with van der Waals surface area (Å²) in [5.41, 5.74) is 0. The smallest absolute Gasteiger partial charge is 0.455 e. The van der Waals surface area contributed by atoms with Crippen molar-refractivity contribution in [1.29, 1.82) is 0 Å². The molecule has 1 unspecified atom stereocenters. The zero-order chi connectivity index (χ0) is 12.8. The van der Waals surface area contributed by atoms with Crippen LogP contribution in [0.4, 0.5) is 35.1 Å². The minimum absolute atomic E-state index is 2.20. The molecule has 0 radical (unpaired) electrons. The Morgan fingerprint density at radius 2 is 1.62 bits per heavy atom. The Hall–Kier alpha value is -1.22. The van der Waals surface area contributed by atoms with Crippen molar-refractivity contribution in [3.05, 3.63) is 12.0 Å². The van der Waals surface area contributed by atoms with Gasteiger partial charge in [0.25, 0.3) is 0 Å². The van der Waals surface area contributed by atoms with Gasteiger partial charge in [-0.05, 0) is 0 Å². The molecule has 0 aliphatic carbocycles. The van der Waals surface area contributed by atoms with E-state index in [2.05, 4.69) is 9.47 Å². The number of ether oxygens (including phenoxy) is 2. The molecule has 0 spiro atoms.